The van der Waals surface area contributed by atoms with Gasteiger partial charge in [-0.25, -0.2) is 5.01 Å². The predicted molar refractivity (Wildman–Crippen MR) is 142 cm³/mol. The highest BCUT2D eigenvalue weighted by atomic mass is 35.5. The zero-order valence-corrected chi connectivity index (χ0v) is 21.8. The number of amides is 2. The number of carbonyl (C=O) groups excluding carboxylic acids is 2. The molecule has 2 aromatic carbocycles. The molecular formula is C24H21Cl3N4O3S. The van der Waals surface area contributed by atoms with Crippen molar-refractivity contribution in [3.05, 3.63) is 85.0 Å². The quantitative estimate of drug-likeness (QED) is 0.121. The number of rotatable bonds is 8. The third-order valence-corrected chi connectivity index (χ3v) is 6.26. The summed E-state index contributed by atoms with van der Waals surface area (Å²) in [4.78, 5) is 22.3. The van der Waals surface area contributed by atoms with Crippen LogP contribution >= 0.6 is 46.1 Å². The number of ether oxygens (including phenoxy) is 1. The summed E-state index contributed by atoms with van der Waals surface area (Å²) in [6, 6.07) is 18.2. The molecule has 0 radical (unpaired) electrons. The molecule has 1 aromatic heterocycles. The van der Waals surface area contributed by atoms with Crippen molar-refractivity contribution in [2.45, 2.75) is 12.8 Å². The smallest absolute Gasteiger partial charge is 0.244 e. The predicted octanol–water partition coefficient (Wildman–Crippen LogP) is 6.09. The zero-order valence-electron chi connectivity index (χ0n) is 18.7. The first-order valence-electron chi connectivity index (χ1n) is 10.0. The van der Waals surface area contributed by atoms with Gasteiger partial charge in [0.05, 0.1) is 22.3 Å². The number of nitrogens with one attached hydrogen (secondary N) is 1. The molecule has 0 saturated heterocycles. The molecule has 11 heteroatoms. The molecule has 0 aliphatic rings. The summed E-state index contributed by atoms with van der Waals surface area (Å²) in [5.74, 6) is -0.973. The fourth-order valence-electron chi connectivity index (χ4n) is 2.83. The Labute approximate surface area is 222 Å². The van der Waals surface area contributed by atoms with Crippen molar-refractivity contribution in [3.63, 3.8) is 0 Å². The van der Waals surface area contributed by atoms with Crippen LogP contribution in [-0.2, 0) is 14.3 Å². The summed E-state index contributed by atoms with van der Waals surface area (Å²) in [6.07, 6.45) is 2.16. The molecule has 1 heterocycles. The number of nitrogens with zero attached hydrogens (tertiary/aromatic N) is 3. The fourth-order valence-corrected chi connectivity index (χ4v) is 4.64. The van der Waals surface area contributed by atoms with Crippen LogP contribution in [-0.4, -0.2) is 32.4 Å². The Morgan fingerprint density at radius 1 is 1.20 bits per heavy atom. The summed E-state index contributed by atoms with van der Waals surface area (Å²) < 4.78 is 5.01. The van der Waals surface area contributed by atoms with Crippen LogP contribution in [0.5, 0.6) is 0 Å². The molecule has 0 saturated carbocycles. The molecule has 1 atom stereocenters. The Hall–Kier alpha value is -2.93. The van der Waals surface area contributed by atoms with Crippen molar-refractivity contribution in [2.24, 2.45) is 5.10 Å². The Bertz CT molecular complexity index is 1190. The fraction of sp³-hybridized carbons (Fsp3) is 0.167. The van der Waals surface area contributed by atoms with Crippen molar-refractivity contribution in [2.75, 3.05) is 18.8 Å². The number of hydrogen-bond acceptors (Lipinski definition) is 6. The van der Waals surface area contributed by atoms with Gasteiger partial charge in [-0.3, -0.25) is 9.59 Å². The van der Waals surface area contributed by atoms with Gasteiger partial charge in [-0.2, -0.15) is 10.4 Å². The minimum atomic E-state index is -0.667. The average Bonchev–Trinajstić information content (AvgIpc) is 3.26. The highest BCUT2D eigenvalue weighted by molar-refractivity contribution is 7.16. The standard InChI is InChI=1S/C21H14Cl3N3OS.C3H7NO2/c1-13(28)27(26-12-14-5-3-2-4-6-14)15-9-17(22)21(18(23)10-15)16(11-25)19-7-8-20(24)29-19;1-6-3-4-2-5/h2-10,12,16H,1H3;2H,3H2,1H3,(H,4,5)/b26-12+;. The molecule has 1 N–H and O–H groups in total. The third kappa shape index (κ3) is 8.35. The van der Waals surface area contributed by atoms with Crippen molar-refractivity contribution < 1.29 is 14.3 Å². The van der Waals surface area contributed by atoms with Crippen molar-refractivity contribution >= 4 is 70.4 Å². The van der Waals surface area contributed by atoms with E-state index in [0.29, 0.717) is 28.7 Å². The van der Waals surface area contributed by atoms with Gasteiger partial charge in [0.25, 0.3) is 0 Å². The van der Waals surface area contributed by atoms with Gasteiger partial charge in [0.2, 0.25) is 12.3 Å². The minimum Gasteiger partial charge on any atom is -0.365 e. The summed E-state index contributed by atoms with van der Waals surface area (Å²) in [5.41, 5.74) is 1.71. The molecule has 182 valence electrons. The molecule has 7 nitrogen and oxygen atoms in total. The highest BCUT2D eigenvalue weighted by Crippen LogP contribution is 2.41. The molecule has 0 aliphatic heterocycles. The Balaban J connectivity index is 0.000000641. The van der Waals surface area contributed by atoms with Gasteiger partial charge in [0.15, 0.2) is 0 Å². The first-order chi connectivity index (χ1) is 16.8. The third-order valence-electron chi connectivity index (χ3n) is 4.34. The number of nitriles is 1. The first kappa shape index (κ1) is 28.3. The van der Waals surface area contributed by atoms with E-state index in [4.69, 9.17) is 34.8 Å². The zero-order chi connectivity index (χ0) is 25.8. The number of anilines is 1. The highest BCUT2D eigenvalue weighted by Gasteiger charge is 2.24. The number of halogens is 3. The van der Waals surface area contributed by atoms with Gasteiger partial charge in [-0.15, -0.1) is 11.3 Å². The Morgan fingerprint density at radius 3 is 2.31 bits per heavy atom. The van der Waals surface area contributed by atoms with Crippen LogP contribution in [0.1, 0.15) is 28.8 Å². The molecule has 0 spiro atoms. The monoisotopic (exact) mass is 550 g/mol. The SMILES string of the molecule is CC(=O)N(/N=C/c1ccccc1)c1cc(Cl)c(C(C#N)c2ccc(Cl)s2)c(Cl)c1.COCNC=O. The molecule has 35 heavy (non-hydrogen) atoms. The molecule has 3 rings (SSSR count). The lowest BCUT2D eigenvalue weighted by Crippen LogP contribution is -2.22. The molecule has 0 aliphatic carbocycles. The van der Waals surface area contributed by atoms with E-state index in [1.165, 1.54) is 30.4 Å². The van der Waals surface area contributed by atoms with Crippen LogP contribution < -0.4 is 10.3 Å². The van der Waals surface area contributed by atoms with Gasteiger partial charge in [-0.05, 0) is 29.8 Å². The average molecular weight is 552 g/mol. The van der Waals surface area contributed by atoms with E-state index >= 15 is 0 Å². The summed E-state index contributed by atoms with van der Waals surface area (Å²) in [5, 5.41) is 18.0. The van der Waals surface area contributed by atoms with Crippen molar-refractivity contribution in [3.8, 4) is 6.07 Å². The molecule has 0 bridgehead atoms. The van der Waals surface area contributed by atoms with Crippen LogP contribution in [0.2, 0.25) is 14.4 Å². The van der Waals surface area contributed by atoms with E-state index in [0.717, 1.165) is 10.4 Å². The second kappa shape index (κ2) is 14.5. The summed E-state index contributed by atoms with van der Waals surface area (Å²) in [7, 11) is 1.51. The minimum absolute atomic E-state index is 0.268. The lowest BCUT2D eigenvalue weighted by molar-refractivity contribution is -0.116. The van der Waals surface area contributed by atoms with Crippen LogP contribution in [0.3, 0.4) is 0 Å². The number of hydrazone groups is 1. The van der Waals surface area contributed by atoms with Crippen molar-refractivity contribution in [1.29, 1.82) is 5.26 Å². The van der Waals surface area contributed by atoms with E-state index < -0.39 is 5.92 Å². The summed E-state index contributed by atoms with van der Waals surface area (Å²) in [6.45, 7) is 1.69. The normalized spacial score (nSPS) is 11.2. The maximum Gasteiger partial charge on any atom is 0.244 e. The Morgan fingerprint density at radius 2 is 1.86 bits per heavy atom. The van der Waals surface area contributed by atoms with E-state index in [-0.39, 0.29) is 16.0 Å². The van der Waals surface area contributed by atoms with Crippen LogP contribution in [0.15, 0.2) is 59.7 Å². The van der Waals surface area contributed by atoms with Crippen LogP contribution in [0.25, 0.3) is 0 Å². The van der Waals surface area contributed by atoms with Gasteiger partial charge in [-0.1, -0.05) is 65.1 Å². The van der Waals surface area contributed by atoms with Gasteiger partial charge < -0.3 is 10.1 Å². The second-order valence-corrected chi connectivity index (χ2v) is 9.33. The van der Waals surface area contributed by atoms with Crippen LogP contribution in [0.4, 0.5) is 5.69 Å². The number of hydrogen-bond donors (Lipinski definition) is 1. The lowest BCUT2D eigenvalue weighted by atomic mass is 9.98. The maximum atomic E-state index is 12.1. The lowest BCUT2D eigenvalue weighted by Gasteiger charge is -2.19. The Kier molecular flexibility index (Phi) is 11.7. The molecule has 1 unspecified atom stereocenters. The number of carbonyl (C=O) groups is 2. The molecule has 3 aromatic rings. The van der Waals surface area contributed by atoms with Crippen LogP contribution in [0, 0.1) is 11.3 Å². The largest absolute Gasteiger partial charge is 0.365 e. The molecular weight excluding hydrogens is 531 g/mol. The molecule has 0 fully saturated rings. The van der Waals surface area contributed by atoms with E-state index in [1.807, 2.05) is 30.3 Å². The molecule has 2 amide bonds. The van der Waals surface area contributed by atoms with Gasteiger partial charge >= 0.3 is 0 Å². The summed E-state index contributed by atoms with van der Waals surface area (Å²) >= 11 is 20.2. The number of thiophene rings is 1. The van der Waals surface area contributed by atoms with Crippen molar-refractivity contribution in [1.82, 2.24) is 5.32 Å². The number of methoxy groups -OCH3 is 1. The second-order valence-electron chi connectivity index (χ2n) is 6.77. The van der Waals surface area contributed by atoms with E-state index in [2.05, 4.69) is 21.2 Å². The first-order valence-corrected chi connectivity index (χ1v) is 12.0. The van der Waals surface area contributed by atoms with Gasteiger partial charge in [0, 0.05) is 34.5 Å². The number of benzene rings is 2. The van der Waals surface area contributed by atoms with E-state index in [9.17, 15) is 14.9 Å². The topological polar surface area (TPSA) is 94.8 Å². The maximum absolute atomic E-state index is 12.1. The van der Waals surface area contributed by atoms with Gasteiger partial charge in [0.1, 0.15) is 12.6 Å². The van der Waals surface area contributed by atoms with E-state index in [1.54, 1.807) is 30.5 Å².